The Labute approximate surface area is 134 Å². The largest absolute Gasteiger partial charge is 0.486 e. The molecule has 3 heterocycles. The first kappa shape index (κ1) is 14.1. The second kappa shape index (κ2) is 5.57. The molecule has 0 fully saturated rings. The molecule has 5 heteroatoms. The Hall–Kier alpha value is -2.56. The standard InChI is InChI=1S/C18H19N3O2/c1-3-6-21-18-12(2)9-14(20-15(18)11-19-21)13-4-5-16-17(10-13)23-8-7-22-16/h4-5,9-11H,3,6-8H2,1-2H3. The third-order valence-corrected chi connectivity index (χ3v) is 4.06. The molecule has 4 rings (SSSR count). The van der Waals surface area contributed by atoms with E-state index >= 15 is 0 Å². The summed E-state index contributed by atoms with van der Waals surface area (Å²) in [7, 11) is 0. The molecule has 0 spiro atoms. The van der Waals surface area contributed by atoms with Crippen molar-refractivity contribution in [3.63, 3.8) is 0 Å². The predicted molar refractivity (Wildman–Crippen MR) is 89.0 cm³/mol. The molecule has 2 aromatic heterocycles. The molecule has 0 saturated carbocycles. The quantitative estimate of drug-likeness (QED) is 0.742. The van der Waals surface area contributed by atoms with Gasteiger partial charge in [0.05, 0.1) is 17.4 Å². The Balaban J connectivity index is 1.80. The molecule has 118 valence electrons. The maximum Gasteiger partial charge on any atom is 0.162 e. The topological polar surface area (TPSA) is 49.2 Å². The Morgan fingerprint density at radius 2 is 1.96 bits per heavy atom. The number of hydrogen-bond acceptors (Lipinski definition) is 4. The molecular formula is C18H19N3O2. The van der Waals surface area contributed by atoms with Gasteiger partial charge < -0.3 is 9.47 Å². The van der Waals surface area contributed by atoms with E-state index < -0.39 is 0 Å². The fourth-order valence-electron chi connectivity index (χ4n) is 3.03. The summed E-state index contributed by atoms with van der Waals surface area (Å²) in [5, 5.41) is 4.46. The lowest BCUT2D eigenvalue weighted by molar-refractivity contribution is 0.171. The summed E-state index contributed by atoms with van der Waals surface area (Å²) in [6, 6.07) is 8.09. The predicted octanol–water partition coefficient (Wildman–Crippen LogP) is 3.59. The molecule has 1 aliphatic rings. The van der Waals surface area contributed by atoms with Gasteiger partial charge in [-0.3, -0.25) is 4.68 Å². The van der Waals surface area contributed by atoms with Crippen LogP contribution in [0.3, 0.4) is 0 Å². The number of benzene rings is 1. The normalized spacial score (nSPS) is 13.5. The Kier molecular flexibility index (Phi) is 3.41. The van der Waals surface area contributed by atoms with Crippen LogP contribution in [-0.4, -0.2) is 28.0 Å². The van der Waals surface area contributed by atoms with Gasteiger partial charge in [0.1, 0.15) is 18.7 Å². The number of aromatic nitrogens is 3. The summed E-state index contributed by atoms with van der Waals surface area (Å²) in [5.41, 5.74) is 5.20. The van der Waals surface area contributed by atoms with Gasteiger partial charge in [-0.1, -0.05) is 6.92 Å². The van der Waals surface area contributed by atoms with Crippen molar-refractivity contribution in [1.29, 1.82) is 0 Å². The van der Waals surface area contributed by atoms with Crippen LogP contribution < -0.4 is 9.47 Å². The number of aryl methyl sites for hydroxylation is 2. The summed E-state index contributed by atoms with van der Waals surface area (Å²) in [4.78, 5) is 4.78. The average molecular weight is 309 g/mol. The highest BCUT2D eigenvalue weighted by molar-refractivity contribution is 5.82. The number of rotatable bonds is 3. The average Bonchev–Trinajstić information content (AvgIpc) is 2.98. The van der Waals surface area contributed by atoms with Crippen LogP contribution in [0, 0.1) is 6.92 Å². The van der Waals surface area contributed by atoms with Crippen molar-refractivity contribution in [2.45, 2.75) is 26.8 Å². The summed E-state index contributed by atoms with van der Waals surface area (Å²) < 4.78 is 13.3. The summed E-state index contributed by atoms with van der Waals surface area (Å²) in [6.07, 6.45) is 2.90. The van der Waals surface area contributed by atoms with E-state index in [4.69, 9.17) is 14.5 Å². The first-order chi connectivity index (χ1) is 11.3. The SMILES string of the molecule is CCCn1ncc2nc(-c3ccc4c(c3)OCCO4)cc(C)c21. The summed E-state index contributed by atoms with van der Waals surface area (Å²) in [6.45, 7) is 6.37. The zero-order valence-electron chi connectivity index (χ0n) is 13.4. The minimum atomic E-state index is 0.589. The first-order valence-electron chi connectivity index (χ1n) is 7.99. The van der Waals surface area contributed by atoms with E-state index in [1.807, 2.05) is 29.1 Å². The van der Waals surface area contributed by atoms with E-state index in [1.165, 1.54) is 5.56 Å². The van der Waals surface area contributed by atoms with E-state index in [0.29, 0.717) is 13.2 Å². The van der Waals surface area contributed by atoms with Crippen LogP contribution in [0.1, 0.15) is 18.9 Å². The van der Waals surface area contributed by atoms with E-state index in [9.17, 15) is 0 Å². The van der Waals surface area contributed by atoms with Gasteiger partial charge in [0.15, 0.2) is 11.5 Å². The second-order valence-corrected chi connectivity index (χ2v) is 5.78. The molecule has 3 aromatic rings. The van der Waals surface area contributed by atoms with Crippen molar-refractivity contribution < 1.29 is 9.47 Å². The lowest BCUT2D eigenvalue weighted by Crippen LogP contribution is -2.15. The highest BCUT2D eigenvalue weighted by atomic mass is 16.6. The van der Waals surface area contributed by atoms with Crippen LogP contribution in [-0.2, 0) is 6.54 Å². The van der Waals surface area contributed by atoms with Crippen LogP contribution in [0.4, 0.5) is 0 Å². The van der Waals surface area contributed by atoms with E-state index in [2.05, 4.69) is 25.0 Å². The highest BCUT2D eigenvalue weighted by Gasteiger charge is 2.15. The monoisotopic (exact) mass is 309 g/mol. The van der Waals surface area contributed by atoms with Gasteiger partial charge in [-0.15, -0.1) is 0 Å². The molecule has 1 aliphatic heterocycles. The number of ether oxygens (including phenoxy) is 2. The Morgan fingerprint density at radius 1 is 1.13 bits per heavy atom. The maximum absolute atomic E-state index is 5.67. The summed E-state index contributed by atoms with van der Waals surface area (Å²) in [5.74, 6) is 1.59. The lowest BCUT2D eigenvalue weighted by atomic mass is 10.1. The van der Waals surface area contributed by atoms with Gasteiger partial charge in [0, 0.05) is 12.1 Å². The lowest BCUT2D eigenvalue weighted by Gasteiger charge is -2.18. The Bertz CT molecular complexity index is 870. The zero-order valence-corrected chi connectivity index (χ0v) is 13.4. The molecule has 0 bridgehead atoms. The molecule has 0 aliphatic carbocycles. The third-order valence-electron chi connectivity index (χ3n) is 4.06. The second-order valence-electron chi connectivity index (χ2n) is 5.78. The van der Waals surface area contributed by atoms with Crippen molar-refractivity contribution in [1.82, 2.24) is 14.8 Å². The highest BCUT2D eigenvalue weighted by Crippen LogP contribution is 2.34. The number of hydrogen-bond donors (Lipinski definition) is 0. The van der Waals surface area contributed by atoms with Crippen LogP contribution in [0.25, 0.3) is 22.3 Å². The van der Waals surface area contributed by atoms with Crippen molar-refractivity contribution in [2.24, 2.45) is 0 Å². The minimum Gasteiger partial charge on any atom is -0.486 e. The Morgan fingerprint density at radius 3 is 2.78 bits per heavy atom. The number of nitrogens with zero attached hydrogens (tertiary/aromatic N) is 3. The molecular weight excluding hydrogens is 290 g/mol. The van der Waals surface area contributed by atoms with Crippen LogP contribution in [0.15, 0.2) is 30.5 Å². The molecule has 1 aromatic carbocycles. The van der Waals surface area contributed by atoms with Gasteiger partial charge >= 0.3 is 0 Å². The number of fused-ring (bicyclic) bond motifs is 2. The molecule has 0 N–H and O–H groups in total. The summed E-state index contributed by atoms with van der Waals surface area (Å²) >= 11 is 0. The minimum absolute atomic E-state index is 0.589. The zero-order chi connectivity index (χ0) is 15.8. The fourth-order valence-corrected chi connectivity index (χ4v) is 3.03. The third kappa shape index (κ3) is 2.42. The van der Waals surface area contributed by atoms with Crippen LogP contribution in [0.2, 0.25) is 0 Å². The van der Waals surface area contributed by atoms with Crippen molar-refractivity contribution in [2.75, 3.05) is 13.2 Å². The van der Waals surface area contributed by atoms with E-state index in [0.717, 1.165) is 46.8 Å². The van der Waals surface area contributed by atoms with Gasteiger partial charge in [0.25, 0.3) is 0 Å². The molecule has 0 atom stereocenters. The van der Waals surface area contributed by atoms with Gasteiger partial charge in [0.2, 0.25) is 0 Å². The van der Waals surface area contributed by atoms with E-state index in [-0.39, 0.29) is 0 Å². The smallest absolute Gasteiger partial charge is 0.162 e. The maximum atomic E-state index is 5.67. The molecule has 0 radical (unpaired) electrons. The van der Waals surface area contributed by atoms with Gasteiger partial charge in [-0.25, -0.2) is 4.98 Å². The van der Waals surface area contributed by atoms with Crippen LogP contribution in [0.5, 0.6) is 11.5 Å². The van der Waals surface area contributed by atoms with Crippen molar-refractivity contribution in [3.8, 4) is 22.8 Å². The molecule has 23 heavy (non-hydrogen) atoms. The molecule has 0 unspecified atom stereocenters. The van der Waals surface area contributed by atoms with Gasteiger partial charge in [-0.05, 0) is 43.2 Å². The first-order valence-corrected chi connectivity index (χ1v) is 7.99. The fraction of sp³-hybridized carbons (Fsp3) is 0.333. The molecule has 0 amide bonds. The van der Waals surface area contributed by atoms with Crippen molar-refractivity contribution in [3.05, 3.63) is 36.0 Å². The molecule has 0 saturated heterocycles. The van der Waals surface area contributed by atoms with Crippen molar-refractivity contribution >= 4 is 11.0 Å². The van der Waals surface area contributed by atoms with E-state index in [1.54, 1.807) is 0 Å². The number of pyridine rings is 1. The van der Waals surface area contributed by atoms with Gasteiger partial charge in [-0.2, -0.15) is 5.10 Å². The van der Waals surface area contributed by atoms with Crippen LogP contribution >= 0.6 is 0 Å². The molecule has 5 nitrogen and oxygen atoms in total.